The number of carbonyl (C=O) groups is 2. The maximum atomic E-state index is 12.5. The first kappa shape index (κ1) is 18.8. The Labute approximate surface area is 165 Å². The molecule has 0 saturated heterocycles. The van der Waals surface area contributed by atoms with Crippen LogP contribution in [0.2, 0.25) is 0 Å². The van der Waals surface area contributed by atoms with E-state index in [9.17, 15) is 9.59 Å². The van der Waals surface area contributed by atoms with Crippen LogP contribution in [0.3, 0.4) is 0 Å². The van der Waals surface area contributed by atoms with Crippen LogP contribution in [0.1, 0.15) is 61.8 Å². The van der Waals surface area contributed by atoms with Gasteiger partial charge in [-0.3, -0.25) is 4.79 Å². The molecule has 148 valence electrons. The number of fused-ring (bicyclic) bond motifs is 1. The topological polar surface area (TPSA) is 61.4 Å². The maximum Gasteiger partial charge on any atom is 0.315 e. The fourth-order valence-corrected chi connectivity index (χ4v) is 6.07. The molecule has 0 spiro atoms. The van der Waals surface area contributed by atoms with Crippen LogP contribution in [0.4, 0.5) is 4.79 Å². The van der Waals surface area contributed by atoms with Crippen LogP contribution in [0.15, 0.2) is 11.4 Å². The Morgan fingerprint density at radius 1 is 1.11 bits per heavy atom. The highest BCUT2D eigenvalue weighted by Crippen LogP contribution is 2.37. The number of thiophene rings is 1. The SMILES string of the molecule is O=C(NCC(=O)N1CCc2sccc2C1)NC(C1CCCC1)C1CCCC1. The Morgan fingerprint density at radius 2 is 1.78 bits per heavy atom. The minimum atomic E-state index is -0.166. The number of nitrogens with zero attached hydrogens (tertiary/aromatic N) is 1. The van der Waals surface area contributed by atoms with Gasteiger partial charge in [0.1, 0.15) is 0 Å². The van der Waals surface area contributed by atoms with Crippen LogP contribution in [-0.4, -0.2) is 36.0 Å². The van der Waals surface area contributed by atoms with Crippen molar-refractivity contribution in [3.63, 3.8) is 0 Å². The van der Waals surface area contributed by atoms with Crippen LogP contribution < -0.4 is 10.6 Å². The minimum Gasteiger partial charge on any atom is -0.336 e. The summed E-state index contributed by atoms with van der Waals surface area (Å²) in [6.45, 7) is 1.52. The van der Waals surface area contributed by atoms with E-state index in [1.54, 1.807) is 11.3 Å². The maximum absolute atomic E-state index is 12.5. The molecule has 0 bridgehead atoms. The lowest BCUT2D eigenvalue weighted by molar-refractivity contribution is -0.130. The Kier molecular flexibility index (Phi) is 6.01. The van der Waals surface area contributed by atoms with Crippen molar-refractivity contribution < 1.29 is 9.59 Å². The molecule has 2 aliphatic carbocycles. The van der Waals surface area contributed by atoms with Gasteiger partial charge in [-0.25, -0.2) is 4.79 Å². The highest BCUT2D eigenvalue weighted by Gasteiger charge is 2.34. The molecule has 6 heteroatoms. The third-order valence-corrected chi connectivity index (χ3v) is 7.70. The average Bonchev–Trinajstić information content (AvgIpc) is 3.45. The molecule has 1 aromatic rings. The monoisotopic (exact) mass is 389 g/mol. The van der Waals surface area contributed by atoms with Crippen molar-refractivity contribution in [2.75, 3.05) is 13.1 Å². The Balaban J connectivity index is 1.27. The Morgan fingerprint density at radius 3 is 2.44 bits per heavy atom. The highest BCUT2D eigenvalue weighted by molar-refractivity contribution is 7.10. The summed E-state index contributed by atoms with van der Waals surface area (Å²) >= 11 is 1.77. The molecule has 1 aromatic heterocycles. The predicted molar refractivity (Wildman–Crippen MR) is 108 cm³/mol. The fourth-order valence-electron chi connectivity index (χ4n) is 5.19. The summed E-state index contributed by atoms with van der Waals surface area (Å²) in [5.74, 6) is 1.25. The van der Waals surface area contributed by atoms with Crippen LogP contribution in [-0.2, 0) is 17.8 Å². The number of hydrogen-bond acceptors (Lipinski definition) is 3. The predicted octanol–water partition coefficient (Wildman–Crippen LogP) is 3.68. The molecule has 5 nitrogen and oxygen atoms in total. The average molecular weight is 390 g/mol. The first-order chi connectivity index (χ1) is 13.2. The number of amides is 3. The molecule has 2 saturated carbocycles. The standard InChI is InChI=1S/C21H31N3O2S/c25-19(24-11-9-18-17(14-24)10-12-27-18)13-22-21(26)23-20(15-5-1-2-6-15)16-7-3-4-8-16/h10,12,15-16,20H,1-9,11,13-14H2,(H2,22,23,26). The smallest absolute Gasteiger partial charge is 0.315 e. The molecule has 3 aliphatic rings. The van der Waals surface area contributed by atoms with Gasteiger partial charge >= 0.3 is 6.03 Å². The first-order valence-electron chi connectivity index (χ1n) is 10.6. The van der Waals surface area contributed by atoms with E-state index in [0.717, 1.165) is 13.0 Å². The summed E-state index contributed by atoms with van der Waals surface area (Å²) in [4.78, 5) is 28.3. The van der Waals surface area contributed by atoms with E-state index < -0.39 is 0 Å². The molecule has 0 aromatic carbocycles. The molecular formula is C21H31N3O2S. The number of hydrogen-bond donors (Lipinski definition) is 2. The van der Waals surface area contributed by atoms with Gasteiger partial charge in [0.25, 0.3) is 0 Å². The molecular weight excluding hydrogens is 358 g/mol. The number of nitrogens with one attached hydrogen (secondary N) is 2. The van der Waals surface area contributed by atoms with E-state index in [4.69, 9.17) is 0 Å². The van der Waals surface area contributed by atoms with Crippen LogP contribution >= 0.6 is 11.3 Å². The Bertz CT molecular complexity index is 646. The zero-order chi connectivity index (χ0) is 18.6. The van der Waals surface area contributed by atoms with E-state index in [-0.39, 0.29) is 24.5 Å². The third kappa shape index (κ3) is 4.48. The lowest BCUT2D eigenvalue weighted by atomic mass is 9.86. The van der Waals surface area contributed by atoms with Crippen LogP contribution in [0, 0.1) is 11.8 Å². The normalized spacial score (nSPS) is 20.9. The van der Waals surface area contributed by atoms with Gasteiger partial charge in [-0.1, -0.05) is 25.7 Å². The lowest BCUT2D eigenvalue weighted by Crippen LogP contribution is -2.50. The van der Waals surface area contributed by atoms with E-state index >= 15 is 0 Å². The van der Waals surface area contributed by atoms with Gasteiger partial charge < -0.3 is 15.5 Å². The number of rotatable bonds is 5. The van der Waals surface area contributed by atoms with E-state index in [2.05, 4.69) is 22.1 Å². The third-order valence-electron chi connectivity index (χ3n) is 6.67. The van der Waals surface area contributed by atoms with E-state index in [0.29, 0.717) is 18.4 Å². The fraction of sp³-hybridized carbons (Fsp3) is 0.714. The van der Waals surface area contributed by atoms with Crippen molar-refractivity contribution in [1.29, 1.82) is 0 Å². The van der Waals surface area contributed by atoms with E-state index in [1.165, 1.54) is 61.8 Å². The highest BCUT2D eigenvalue weighted by atomic mass is 32.1. The lowest BCUT2D eigenvalue weighted by Gasteiger charge is -2.30. The zero-order valence-electron chi connectivity index (χ0n) is 16.0. The first-order valence-corrected chi connectivity index (χ1v) is 11.5. The second-order valence-corrected chi connectivity index (χ2v) is 9.38. The van der Waals surface area contributed by atoms with Gasteiger partial charge in [-0.05, 0) is 60.9 Å². The van der Waals surface area contributed by atoms with Gasteiger partial charge in [-0.15, -0.1) is 11.3 Å². The summed E-state index contributed by atoms with van der Waals surface area (Å²) in [6, 6.07) is 2.22. The van der Waals surface area contributed by atoms with Gasteiger partial charge in [0.15, 0.2) is 0 Å². The summed E-state index contributed by atoms with van der Waals surface area (Å²) in [6.07, 6.45) is 11.0. The molecule has 0 atom stereocenters. The summed E-state index contributed by atoms with van der Waals surface area (Å²) < 4.78 is 0. The van der Waals surface area contributed by atoms with Crippen molar-refractivity contribution in [3.8, 4) is 0 Å². The molecule has 4 rings (SSSR count). The van der Waals surface area contributed by atoms with Crippen molar-refractivity contribution in [1.82, 2.24) is 15.5 Å². The summed E-state index contributed by atoms with van der Waals surface area (Å²) in [5, 5.41) is 8.18. The van der Waals surface area contributed by atoms with Crippen molar-refractivity contribution >= 4 is 23.3 Å². The van der Waals surface area contributed by atoms with Gasteiger partial charge in [0.2, 0.25) is 5.91 Å². The van der Waals surface area contributed by atoms with Crippen molar-refractivity contribution in [2.45, 2.75) is 70.4 Å². The quantitative estimate of drug-likeness (QED) is 0.807. The molecule has 3 amide bonds. The Hall–Kier alpha value is -1.56. The molecule has 27 heavy (non-hydrogen) atoms. The van der Waals surface area contributed by atoms with Crippen molar-refractivity contribution in [2.24, 2.45) is 11.8 Å². The summed E-state index contributed by atoms with van der Waals surface area (Å²) in [7, 11) is 0. The molecule has 2 heterocycles. The van der Waals surface area contributed by atoms with Crippen LogP contribution in [0.25, 0.3) is 0 Å². The molecule has 2 N–H and O–H groups in total. The summed E-state index contributed by atoms with van der Waals surface area (Å²) in [5.41, 5.74) is 1.26. The van der Waals surface area contributed by atoms with Gasteiger partial charge in [-0.2, -0.15) is 0 Å². The van der Waals surface area contributed by atoms with Crippen LogP contribution in [0.5, 0.6) is 0 Å². The second-order valence-electron chi connectivity index (χ2n) is 8.38. The zero-order valence-corrected chi connectivity index (χ0v) is 16.9. The molecule has 2 fully saturated rings. The van der Waals surface area contributed by atoms with Crippen molar-refractivity contribution in [3.05, 3.63) is 21.9 Å². The molecule has 0 radical (unpaired) electrons. The van der Waals surface area contributed by atoms with E-state index in [1.807, 2.05) is 4.90 Å². The molecule has 0 unspecified atom stereocenters. The minimum absolute atomic E-state index is 0.0142. The van der Waals surface area contributed by atoms with Gasteiger partial charge in [0.05, 0.1) is 6.54 Å². The number of carbonyl (C=O) groups excluding carboxylic acids is 2. The largest absolute Gasteiger partial charge is 0.336 e. The molecule has 1 aliphatic heterocycles. The number of urea groups is 1. The van der Waals surface area contributed by atoms with Gasteiger partial charge in [0, 0.05) is 24.0 Å². The second kappa shape index (κ2) is 8.63.